The van der Waals surface area contributed by atoms with Crippen molar-refractivity contribution in [3.05, 3.63) is 29.8 Å². The maximum absolute atomic E-state index is 12.0. The number of anilines is 1. The Morgan fingerprint density at radius 2 is 1.50 bits per heavy atom. The van der Waals surface area contributed by atoms with Gasteiger partial charge in [0, 0.05) is 18.7 Å². The van der Waals surface area contributed by atoms with Crippen LogP contribution in [0.25, 0.3) is 0 Å². The molecule has 0 bridgehead atoms. The summed E-state index contributed by atoms with van der Waals surface area (Å²) >= 11 is 0. The number of ether oxygens (including phenoxy) is 2. The summed E-state index contributed by atoms with van der Waals surface area (Å²) in [6, 6.07) is 7.20. The van der Waals surface area contributed by atoms with E-state index in [1.165, 1.54) is 12.8 Å². The molecule has 0 saturated heterocycles. The maximum Gasteiger partial charge on any atom is 0.338 e. The first-order valence-corrected chi connectivity index (χ1v) is 9.84. The molecule has 0 unspecified atom stereocenters. The molecule has 5 heteroatoms. The lowest BCUT2D eigenvalue weighted by atomic mass is 10.1. The Morgan fingerprint density at radius 3 is 2.19 bits per heavy atom. The highest BCUT2D eigenvalue weighted by atomic mass is 16.6. The Hall–Kier alpha value is -2.04. The van der Waals surface area contributed by atoms with E-state index in [1.807, 2.05) is 12.1 Å². The average molecular weight is 363 g/mol. The van der Waals surface area contributed by atoms with Crippen LogP contribution in [0.2, 0.25) is 0 Å². The fourth-order valence-corrected chi connectivity index (χ4v) is 2.45. The number of hydrogen-bond acceptors (Lipinski definition) is 5. The third-order valence-corrected chi connectivity index (χ3v) is 4.04. The molecule has 1 N–H and O–H groups in total. The lowest BCUT2D eigenvalue weighted by Crippen LogP contribution is -2.14. The summed E-state index contributed by atoms with van der Waals surface area (Å²) in [6.45, 7) is 5.41. The number of carbonyl (C=O) groups is 2. The number of nitrogens with one attached hydrogen (secondary N) is 1. The summed E-state index contributed by atoms with van der Waals surface area (Å²) in [4.78, 5) is 23.5. The van der Waals surface area contributed by atoms with Crippen molar-refractivity contribution in [1.29, 1.82) is 0 Å². The molecule has 26 heavy (non-hydrogen) atoms. The van der Waals surface area contributed by atoms with Gasteiger partial charge < -0.3 is 14.8 Å². The monoisotopic (exact) mass is 363 g/mol. The summed E-state index contributed by atoms with van der Waals surface area (Å²) in [5.74, 6) is -0.624. The first-order chi connectivity index (χ1) is 12.7. The quantitative estimate of drug-likeness (QED) is 0.374. The molecule has 0 fully saturated rings. The van der Waals surface area contributed by atoms with Crippen molar-refractivity contribution in [2.75, 3.05) is 25.1 Å². The van der Waals surface area contributed by atoms with Crippen molar-refractivity contribution in [1.82, 2.24) is 0 Å². The molecule has 146 valence electrons. The van der Waals surface area contributed by atoms with E-state index in [4.69, 9.17) is 9.47 Å². The van der Waals surface area contributed by atoms with Gasteiger partial charge in [0.1, 0.15) is 13.2 Å². The fraction of sp³-hybridized carbons (Fsp3) is 0.619. The zero-order valence-electron chi connectivity index (χ0n) is 16.2. The topological polar surface area (TPSA) is 64.6 Å². The van der Waals surface area contributed by atoms with Gasteiger partial charge in [-0.2, -0.15) is 0 Å². The van der Waals surface area contributed by atoms with E-state index in [0.717, 1.165) is 44.3 Å². The van der Waals surface area contributed by atoms with Crippen LogP contribution in [0.4, 0.5) is 5.69 Å². The summed E-state index contributed by atoms with van der Waals surface area (Å²) < 4.78 is 10.2. The summed E-state index contributed by atoms with van der Waals surface area (Å²) in [6.07, 6.45) is 8.16. The van der Waals surface area contributed by atoms with E-state index >= 15 is 0 Å². The van der Waals surface area contributed by atoms with E-state index in [0.29, 0.717) is 12.0 Å². The molecule has 0 atom stereocenters. The fourth-order valence-electron chi connectivity index (χ4n) is 2.45. The number of carbonyl (C=O) groups excluding carboxylic acids is 2. The number of hydrogen-bond donors (Lipinski definition) is 1. The largest absolute Gasteiger partial charge is 0.462 e. The van der Waals surface area contributed by atoms with Crippen LogP contribution >= 0.6 is 0 Å². The van der Waals surface area contributed by atoms with Crippen LogP contribution < -0.4 is 5.32 Å². The first kappa shape index (κ1) is 22.0. The predicted molar refractivity (Wildman–Crippen MR) is 104 cm³/mol. The van der Waals surface area contributed by atoms with Crippen molar-refractivity contribution in [3.63, 3.8) is 0 Å². The Kier molecular flexibility index (Phi) is 12.0. The second kappa shape index (κ2) is 14.2. The minimum absolute atomic E-state index is 0.0803. The van der Waals surface area contributed by atoms with E-state index < -0.39 is 5.97 Å². The molecule has 1 rings (SSSR count). The van der Waals surface area contributed by atoms with E-state index in [2.05, 4.69) is 19.2 Å². The van der Waals surface area contributed by atoms with E-state index in [-0.39, 0.29) is 19.2 Å². The molecule has 0 aromatic heterocycles. The molecule has 0 radical (unpaired) electrons. The third kappa shape index (κ3) is 10.1. The van der Waals surface area contributed by atoms with Crippen LogP contribution in [0.3, 0.4) is 0 Å². The van der Waals surface area contributed by atoms with Gasteiger partial charge >= 0.3 is 11.9 Å². The zero-order valence-corrected chi connectivity index (χ0v) is 16.2. The highest BCUT2D eigenvalue weighted by Gasteiger charge is 2.08. The maximum atomic E-state index is 12.0. The minimum atomic E-state index is -0.402. The second-order valence-corrected chi connectivity index (χ2v) is 6.38. The van der Waals surface area contributed by atoms with Crippen molar-refractivity contribution in [2.24, 2.45) is 0 Å². The Labute approximate surface area is 157 Å². The lowest BCUT2D eigenvalue weighted by Gasteiger charge is -2.08. The van der Waals surface area contributed by atoms with E-state index in [1.54, 1.807) is 12.1 Å². The van der Waals surface area contributed by atoms with Crippen molar-refractivity contribution >= 4 is 17.6 Å². The van der Waals surface area contributed by atoms with Crippen LogP contribution in [0.5, 0.6) is 0 Å². The zero-order chi connectivity index (χ0) is 19.0. The van der Waals surface area contributed by atoms with Crippen LogP contribution in [0.15, 0.2) is 24.3 Å². The van der Waals surface area contributed by atoms with Gasteiger partial charge in [0.05, 0.1) is 5.56 Å². The van der Waals surface area contributed by atoms with Gasteiger partial charge in [0.25, 0.3) is 0 Å². The minimum Gasteiger partial charge on any atom is -0.462 e. The predicted octanol–water partition coefficient (Wildman–Crippen LogP) is 4.96. The van der Waals surface area contributed by atoms with Gasteiger partial charge in [-0.15, -0.1) is 0 Å². The van der Waals surface area contributed by atoms with Gasteiger partial charge in [0.15, 0.2) is 0 Å². The Morgan fingerprint density at radius 1 is 0.846 bits per heavy atom. The van der Waals surface area contributed by atoms with Crippen molar-refractivity contribution in [3.8, 4) is 0 Å². The molecule has 0 amide bonds. The lowest BCUT2D eigenvalue weighted by molar-refractivity contribution is -0.144. The first-order valence-electron chi connectivity index (χ1n) is 9.84. The van der Waals surface area contributed by atoms with E-state index in [9.17, 15) is 9.59 Å². The Bertz CT molecular complexity index is 513. The van der Waals surface area contributed by atoms with Crippen molar-refractivity contribution < 1.29 is 19.1 Å². The van der Waals surface area contributed by atoms with Gasteiger partial charge in [-0.3, -0.25) is 4.79 Å². The molecular formula is C21H33NO4. The van der Waals surface area contributed by atoms with Crippen LogP contribution in [0, 0.1) is 0 Å². The third-order valence-electron chi connectivity index (χ3n) is 4.04. The highest BCUT2D eigenvalue weighted by Crippen LogP contribution is 2.11. The Balaban J connectivity index is 2.14. The molecule has 0 aliphatic carbocycles. The molecule has 0 aliphatic heterocycles. The molecule has 0 aliphatic rings. The van der Waals surface area contributed by atoms with Gasteiger partial charge in [0.2, 0.25) is 0 Å². The van der Waals surface area contributed by atoms with Crippen LogP contribution in [0.1, 0.15) is 75.6 Å². The standard InChI is InChI=1S/C21H33NO4/c1-3-5-7-8-9-10-20(23)25-16-17-26-21(24)18-11-13-19(14-12-18)22-15-6-4-2/h11-14,22H,3-10,15-17H2,1-2H3. The molecule has 0 saturated carbocycles. The number of esters is 2. The summed E-state index contributed by atoms with van der Waals surface area (Å²) in [5.41, 5.74) is 1.48. The average Bonchev–Trinajstić information content (AvgIpc) is 2.65. The molecular weight excluding hydrogens is 330 g/mol. The number of unbranched alkanes of at least 4 members (excludes halogenated alkanes) is 5. The molecule has 5 nitrogen and oxygen atoms in total. The molecule has 0 spiro atoms. The van der Waals surface area contributed by atoms with Crippen LogP contribution in [-0.4, -0.2) is 31.7 Å². The number of rotatable bonds is 14. The normalized spacial score (nSPS) is 10.4. The van der Waals surface area contributed by atoms with Crippen molar-refractivity contribution in [2.45, 2.75) is 65.2 Å². The van der Waals surface area contributed by atoms with Gasteiger partial charge in [-0.25, -0.2) is 4.79 Å². The van der Waals surface area contributed by atoms with Crippen LogP contribution in [-0.2, 0) is 14.3 Å². The SMILES string of the molecule is CCCCCCCC(=O)OCCOC(=O)c1ccc(NCCCC)cc1. The number of benzene rings is 1. The molecule has 0 heterocycles. The smallest absolute Gasteiger partial charge is 0.338 e. The molecule has 1 aromatic rings. The van der Waals surface area contributed by atoms with Gasteiger partial charge in [-0.1, -0.05) is 46.0 Å². The summed E-state index contributed by atoms with van der Waals surface area (Å²) in [7, 11) is 0. The second-order valence-electron chi connectivity index (χ2n) is 6.38. The molecule has 1 aromatic carbocycles. The highest BCUT2D eigenvalue weighted by molar-refractivity contribution is 5.89. The summed E-state index contributed by atoms with van der Waals surface area (Å²) in [5, 5.41) is 3.29. The van der Waals surface area contributed by atoms with Gasteiger partial charge in [-0.05, 0) is 37.1 Å².